The van der Waals surface area contributed by atoms with E-state index in [1.807, 2.05) is 0 Å². The van der Waals surface area contributed by atoms with Crippen LogP contribution in [0.25, 0.3) is 0 Å². The number of carbonyl (C=O) groups is 1. The van der Waals surface area contributed by atoms with Crippen molar-refractivity contribution in [1.29, 1.82) is 0 Å². The number of carbonyl (C=O) groups excluding carboxylic acids is 1. The van der Waals surface area contributed by atoms with Crippen LogP contribution < -0.4 is 0 Å². The SMILES string of the molecule is CCC=CCC=CCC=CCC=CC/C=C\CCCC(=O)OC. The highest BCUT2D eigenvalue weighted by molar-refractivity contribution is 5.69. The molecule has 2 heteroatoms. The summed E-state index contributed by atoms with van der Waals surface area (Å²) in [4.78, 5) is 10.9. The number of allylic oxidation sites excluding steroid dienone is 10. The molecule has 0 rings (SSSR count). The monoisotopic (exact) mass is 316 g/mol. The Labute approximate surface area is 142 Å². The number of esters is 1. The molecule has 0 aliphatic rings. The minimum Gasteiger partial charge on any atom is -0.469 e. The third-order valence-electron chi connectivity index (χ3n) is 3.14. The number of hydrogen-bond donors (Lipinski definition) is 0. The number of rotatable bonds is 13. The minimum atomic E-state index is -0.127. The van der Waals surface area contributed by atoms with Crippen molar-refractivity contribution in [3.8, 4) is 0 Å². The van der Waals surface area contributed by atoms with Crippen LogP contribution in [-0.4, -0.2) is 13.1 Å². The molecule has 0 saturated carbocycles. The third kappa shape index (κ3) is 18.1. The van der Waals surface area contributed by atoms with E-state index in [9.17, 15) is 4.79 Å². The molecule has 0 fully saturated rings. The summed E-state index contributed by atoms with van der Waals surface area (Å²) in [6, 6.07) is 0. The lowest BCUT2D eigenvalue weighted by Crippen LogP contribution is -1.98. The van der Waals surface area contributed by atoms with E-state index >= 15 is 0 Å². The van der Waals surface area contributed by atoms with E-state index in [2.05, 4.69) is 72.4 Å². The van der Waals surface area contributed by atoms with Crippen LogP contribution in [0.4, 0.5) is 0 Å². The van der Waals surface area contributed by atoms with E-state index in [-0.39, 0.29) is 5.97 Å². The van der Waals surface area contributed by atoms with Gasteiger partial charge in [-0.25, -0.2) is 0 Å². The maximum absolute atomic E-state index is 10.9. The Bertz CT molecular complexity index is 412. The Morgan fingerprint density at radius 2 is 1.17 bits per heavy atom. The molecular weight excluding hydrogens is 284 g/mol. The molecule has 23 heavy (non-hydrogen) atoms. The molecule has 0 spiro atoms. The van der Waals surface area contributed by atoms with Crippen LogP contribution in [-0.2, 0) is 9.53 Å². The van der Waals surface area contributed by atoms with E-state index in [1.165, 1.54) is 7.11 Å². The summed E-state index contributed by atoms with van der Waals surface area (Å²) in [6.45, 7) is 2.15. The zero-order valence-electron chi connectivity index (χ0n) is 14.7. The van der Waals surface area contributed by atoms with E-state index in [1.54, 1.807) is 0 Å². The predicted octanol–water partition coefficient (Wildman–Crippen LogP) is 6.08. The molecule has 0 amide bonds. The van der Waals surface area contributed by atoms with Crippen LogP contribution in [0.2, 0.25) is 0 Å². The Kier molecular flexibility index (Phi) is 16.8. The van der Waals surface area contributed by atoms with Crippen molar-refractivity contribution in [1.82, 2.24) is 0 Å². The van der Waals surface area contributed by atoms with Gasteiger partial charge in [0.15, 0.2) is 0 Å². The Morgan fingerprint density at radius 1 is 0.739 bits per heavy atom. The summed E-state index contributed by atoms with van der Waals surface area (Å²) in [6.07, 6.45) is 29.2. The van der Waals surface area contributed by atoms with Gasteiger partial charge in [-0.1, -0.05) is 67.7 Å². The second-order valence-electron chi connectivity index (χ2n) is 5.18. The van der Waals surface area contributed by atoms with Crippen LogP contribution in [0.15, 0.2) is 60.8 Å². The number of ether oxygens (including phenoxy) is 1. The molecule has 0 saturated heterocycles. The van der Waals surface area contributed by atoms with Crippen molar-refractivity contribution >= 4 is 5.97 Å². The lowest BCUT2D eigenvalue weighted by atomic mass is 10.2. The highest BCUT2D eigenvalue weighted by atomic mass is 16.5. The van der Waals surface area contributed by atoms with Crippen molar-refractivity contribution in [2.24, 2.45) is 0 Å². The van der Waals surface area contributed by atoms with Gasteiger partial charge >= 0.3 is 5.97 Å². The summed E-state index contributed by atoms with van der Waals surface area (Å²) in [7, 11) is 1.43. The maximum Gasteiger partial charge on any atom is 0.305 e. The molecule has 128 valence electrons. The first-order chi connectivity index (χ1) is 11.3. The molecule has 2 nitrogen and oxygen atoms in total. The Balaban J connectivity index is 3.47. The van der Waals surface area contributed by atoms with Crippen LogP contribution in [0.5, 0.6) is 0 Å². The summed E-state index contributed by atoms with van der Waals surface area (Å²) < 4.78 is 4.59. The smallest absolute Gasteiger partial charge is 0.305 e. The molecule has 0 bridgehead atoms. The number of hydrogen-bond acceptors (Lipinski definition) is 2. The van der Waals surface area contributed by atoms with E-state index in [0.717, 1.165) is 44.9 Å². The van der Waals surface area contributed by atoms with Gasteiger partial charge < -0.3 is 4.74 Å². The molecular formula is C21H32O2. The fraction of sp³-hybridized carbons (Fsp3) is 0.476. The molecule has 0 N–H and O–H groups in total. The van der Waals surface area contributed by atoms with Crippen LogP contribution >= 0.6 is 0 Å². The van der Waals surface area contributed by atoms with Gasteiger partial charge in [-0.3, -0.25) is 4.79 Å². The molecule has 0 aliphatic carbocycles. The van der Waals surface area contributed by atoms with Gasteiger partial charge in [-0.15, -0.1) is 0 Å². The van der Waals surface area contributed by atoms with E-state index in [0.29, 0.717) is 6.42 Å². The molecule has 0 atom stereocenters. The van der Waals surface area contributed by atoms with Crippen LogP contribution in [0.3, 0.4) is 0 Å². The molecule has 0 aromatic heterocycles. The molecule has 0 heterocycles. The second kappa shape index (κ2) is 18.2. The maximum atomic E-state index is 10.9. The van der Waals surface area contributed by atoms with Gasteiger partial charge in [-0.2, -0.15) is 0 Å². The van der Waals surface area contributed by atoms with Crippen LogP contribution in [0.1, 0.15) is 58.3 Å². The quantitative estimate of drug-likeness (QED) is 0.234. The summed E-state index contributed by atoms with van der Waals surface area (Å²) in [5.74, 6) is -0.127. The number of unbranched alkanes of at least 4 members (excludes halogenated alkanes) is 1. The largest absolute Gasteiger partial charge is 0.469 e. The molecule has 0 unspecified atom stereocenters. The first kappa shape index (κ1) is 21.2. The fourth-order valence-electron chi connectivity index (χ4n) is 1.83. The average molecular weight is 316 g/mol. The van der Waals surface area contributed by atoms with Crippen molar-refractivity contribution in [2.75, 3.05) is 7.11 Å². The highest BCUT2D eigenvalue weighted by Crippen LogP contribution is 2.00. The van der Waals surface area contributed by atoms with E-state index < -0.39 is 0 Å². The lowest BCUT2D eigenvalue weighted by molar-refractivity contribution is -0.140. The zero-order valence-corrected chi connectivity index (χ0v) is 14.7. The summed E-state index contributed by atoms with van der Waals surface area (Å²) in [5.41, 5.74) is 0. The molecule has 0 aromatic rings. The van der Waals surface area contributed by atoms with Gasteiger partial charge in [-0.05, 0) is 44.9 Å². The van der Waals surface area contributed by atoms with Crippen molar-refractivity contribution in [3.63, 3.8) is 0 Å². The first-order valence-corrected chi connectivity index (χ1v) is 8.63. The second-order valence-corrected chi connectivity index (χ2v) is 5.18. The lowest BCUT2D eigenvalue weighted by Gasteiger charge is -1.95. The van der Waals surface area contributed by atoms with Gasteiger partial charge in [0.05, 0.1) is 7.11 Å². The standard InChI is InChI=1S/C21H32O2/c1-3-4-5-6-7-8-9-10-11-12-13-14-15-16-17-18-19-20-21(22)23-2/h4-5,7-8,10-11,13-14,16-17H,3,6,9,12,15,18-20H2,1-2H3/b5-4?,8-7?,11-10?,14-13?,17-16-. The Morgan fingerprint density at radius 3 is 1.61 bits per heavy atom. The van der Waals surface area contributed by atoms with Gasteiger partial charge in [0.25, 0.3) is 0 Å². The molecule has 0 radical (unpaired) electrons. The summed E-state index contributed by atoms with van der Waals surface area (Å²) in [5, 5.41) is 0. The summed E-state index contributed by atoms with van der Waals surface area (Å²) >= 11 is 0. The molecule has 0 aromatic carbocycles. The van der Waals surface area contributed by atoms with E-state index in [4.69, 9.17) is 0 Å². The minimum absolute atomic E-state index is 0.127. The van der Waals surface area contributed by atoms with Gasteiger partial charge in [0.1, 0.15) is 0 Å². The third-order valence-corrected chi connectivity index (χ3v) is 3.14. The first-order valence-electron chi connectivity index (χ1n) is 8.63. The topological polar surface area (TPSA) is 26.3 Å². The van der Waals surface area contributed by atoms with Crippen molar-refractivity contribution in [3.05, 3.63) is 60.8 Å². The Hall–Kier alpha value is -1.83. The van der Waals surface area contributed by atoms with Gasteiger partial charge in [0, 0.05) is 6.42 Å². The average Bonchev–Trinajstić information content (AvgIpc) is 2.57. The van der Waals surface area contributed by atoms with Crippen molar-refractivity contribution in [2.45, 2.75) is 58.3 Å². The van der Waals surface area contributed by atoms with Crippen molar-refractivity contribution < 1.29 is 9.53 Å². The fourth-order valence-corrected chi connectivity index (χ4v) is 1.83. The van der Waals surface area contributed by atoms with Gasteiger partial charge in [0.2, 0.25) is 0 Å². The number of methoxy groups -OCH3 is 1. The zero-order chi connectivity index (χ0) is 17.0. The molecule has 0 aliphatic heterocycles. The van der Waals surface area contributed by atoms with Crippen LogP contribution in [0, 0.1) is 0 Å². The normalized spacial score (nSPS) is 12.6. The predicted molar refractivity (Wildman–Crippen MR) is 100 cm³/mol. The highest BCUT2D eigenvalue weighted by Gasteiger charge is 1.96.